The SMILES string of the molecule is C[C@H](Oc1ccccc1C#N)C(=O)Nc1ccc(Cc2nc3ccccc3s2)cc1. The van der Waals surface area contributed by atoms with E-state index in [2.05, 4.69) is 22.4 Å². The molecular weight excluding hydrogens is 394 g/mol. The lowest BCUT2D eigenvalue weighted by Gasteiger charge is -2.15. The second-order valence-corrected chi connectivity index (χ2v) is 7.92. The van der Waals surface area contributed by atoms with Crippen LogP contribution in [0.5, 0.6) is 5.75 Å². The second kappa shape index (κ2) is 8.76. The molecule has 6 heteroatoms. The van der Waals surface area contributed by atoms with Crippen LogP contribution in [0.25, 0.3) is 10.2 Å². The lowest BCUT2D eigenvalue weighted by Crippen LogP contribution is -2.30. The average molecular weight is 414 g/mol. The minimum Gasteiger partial charge on any atom is -0.480 e. The smallest absolute Gasteiger partial charge is 0.265 e. The molecule has 4 rings (SSSR count). The fraction of sp³-hybridized carbons (Fsp3) is 0.125. The lowest BCUT2D eigenvalue weighted by molar-refractivity contribution is -0.122. The van der Waals surface area contributed by atoms with Gasteiger partial charge in [0.1, 0.15) is 11.8 Å². The van der Waals surface area contributed by atoms with E-state index in [0.717, 1.165) is 22.5 Å². The van der Waals surface area contributed by atoms with Crippen LogP contribution in [-0.4, -0.2) is 17.0 Å². The first-order valence-corrected chi connectivity index (χ1v) is 10.3. The molecule has 0 saturated carbocycles. The Kier molecular flexibility index (Phi) is 5.73. The van der Waals surface area contributed by atoms with E-state index >= 15 is 0 Å². The molecule has 0 spiro atoms. The maximum Gasteiger partial charge on any atom is 0.265 e. The van der Waals surface area contributed by atoms with Crippen LogP contribution < -0.4 is 10.1 Å². The number of carbonyl (C=O) groups is 1. The fourth-order valence-corrected chi connectivity index (χ4v) is 4.03. The van der Waals surface area contributed by atoms with Crippen molar-refractivity contribution in [1.82, 2.24) is 4.98 Å². The predicted molar refractivity (Wildman–Crippen MR) is 119 cm³/mol. The Bertz CT molecular complexity index is 1190. The number of anilines is 1. The third-order valence-electron chi connectivity index (χ3n) is 4.60. The van der Waals surface area contributed by atoms with Gasteiger partial charge >= 0.3 is 0 Å². The van der Waals surface area contributed by atoms with Crippen molar-refractivity contribution >= 4 is 33.1 Å². The maximum absolute atomic E-state index is 12.5. The summed E-state index contributed by atoms with van der Waals surface area (Å²) in [5.74, 6) is 0.121. The Morgan fingerprint density at radius 3 is 2.60 bits per heavy atom. The second-order valence-electron chi connectivity index (χ2n) is 6.81. The number of thiazole rings is 1. The monoisotopic (exact) mass is 413 g/mol. The van der Waals surface area contributed by atoms with Crippen molar-refractivity contribution in [2.75, 3.05) is 5.32 Å². The van der Waals surface area contributed by atoms with Crippen molar-refractivity contribution in [1.29, 1.82) is 5.26 Å². The first-order valence-electron chi connectivity index (χ1n) is 9.52. The first kappa shape index (κ1) is 19.6. The Hall–Kier alpha value is -3.69. The maximum atomic E-state index is 12.5. The number of rotatable bonds is 6. The summed E-state index contributed by atoms with van der Waals surface area (Å²) in [6.07, 6.45) is 0.0137. The number of aromatic nitrogens is 1. The van der Waals surface area contributed by atoms with Gasteiger partial charge < -0.3 is 10.1 Å². The van der Waals surface area contributed by atoms with Gasteiger partial charge in [0.25, 0.3) is 5.91 Å². The molecule has 30 heavy (non-hydrogen) atoms. The van der Waals surface area contributed by atoms with Crippen LogP contribution >= 0.6 is 11.3 Å². The highest BCUT2D eigenvalue weighted by molar-refractivity contribution is 7.18. The van der Waals surface area contributed by atoms with E-state index < -0.39 is 6.10 Å². The molecule has 148 valence electrons. The van der Waals surface area contributed by atoms with Gasteiger partial charge in [0.15, 0.2) is 6.10 Å². The molecule has 0 fully saturated rings. The molecule has 0 aliphatic rings. The van der Waals surface area contributed by atoms with Crippen molar-refractivity contribution in [3.8, 4) is 11.8 Å². The largest absolute Gasteiger partial charge is 0.480 e. The number of hydrogen-bond donors (Lipinski definition) is 1. The quantitative estimate of drug-likeness (QED) is 0.473. The van der Waals surface area contributed by atoms with E-state index in [1.54, 1.807) is 42.5 Å². The topological polar surface area (TPSA) is 75.0 Å². The van der Waals surface area contributed by atoms with Gasteiger partial charge in [0, 0.05) is 12.1 Å². The number of benzene rings is 3. The standard InChI is InChI=1S/C24H19N3O2S/c1-16(29-21-8-4-2-6-18(21)15-25)24(28)26-19-12-10-17(11-13-19)14-23-27-20-7-3-5-9-22(20)30-23/h2-13,16H,14H2,1H3,(H,26,28)/t16-/m0/s1. The van der Waals surface area contributed by atoms with Crippen LogP contribution in [0, 0.1) is 11.3 Å². The summed E-state index contributed by atoms with van der Waals surface area (Å²) in [6, 6.07) is 24.7. The Labute approximate surface area is 178 Å². The summed E-state index contributed by atoms with van der Waals surface area (Å²) in [5.41, 5.74) is 3.24. The number of hydrogen-bond acceptors (Lipinski definition) is 5. The van der Waals surface area contributed by atoms with E-state index in [9.17, 15) is 4.79 Å². The van der Waals surface area contributed by atoms with Crippen LogP contribution in [-0.2, 0) is 11.2 Å². The Morgan fingerprint density at radius 2 is 1.83 bits per heavy atom. The van der Waals surface area contributed by atoms with Gasteiger partial charge in [-0.2, -0.15) is 5.26 Å². The molecule has 1 amide bonds. The zero-order valence-corrected chi connectivity index (χ0v) is 17.1. The van der Waals surface area contributed by atoms with Gasteiger partial charge in [-0.05, 0) is 48.9 Å². The van der Waals surface area contributed by atoms with Crippen LogP contribution in [0.4, 0.5) is 5.69 Å². The van der Waals surface area contributed by atoms with Crippen molar-refractivity contribution < 1.29 is 9.53 Å². The van der Waals surface area contributed by atoms with Crippen LogP contribution in [0.1, 0.15) is 23.1 Å². The van der Waals surface area contributed by atoms with E-state index in [0.29, 0.717) is 17.0 Å². The summed E-state index contributed by atoms with van der Waals surface area (Å²) in [5, 5.41) is 13.1. The van der Waals surface area contributed by atoms with Gasteiger partial charge in [-0.25, -0.2) is 4.98 Å². The molecule has 1 aromatic heterocycles. The molecule has 1 atom stereocenters. The lowest BCUT2D eigenvalue weighted by atomic mass is 10.1. The molecule has 0 saturated heterocycles. The molecular formula is C24H19N3O2S. The van der Waals surface area contributed by atoms with Crippen molar-refractivity contribution in [3.05, 3.63) is 88.9 Å². The van der Waals surface area contributed by atoms with Gasteiger partial charge in [-0.15, -0.1) is 11.3 Å². The number of fused-ring (bicyclic) bond motifs is 1. The highest BCUT2D eigenvalue weighted by Gasteiger charge is 2.16. The van der Waals surface area contributed by atoms with Gasteiger partial charge in [-0.1, -0.05) is 36.4 Å². The average Bonchev–Trinajstić information content (AvgIpc) is 3.17. The number of nitriles is 1. The van der Waals surface area contributed by atoms with Crippen LogP contribution in [0.3, 0.4) is 0 Å². The molecule has 0 radical (unpaired) electrons. The zero-order chi connectivity index (χ0) is 20.9. The summed E-state index contributed by atoms with van der Waals surface area (Å²) in [6.45, 7) is 1.66. The van der Waals surface area contributed by atoms with E-state index in [1.165, 1.54) is 4.70 Å². The van der Waals surface area contributed by atoms with Crippen molar-refractivity contribution in [3.63, 3.8) is 0 Å². The van der Waals surface area contributed by atoms with Crippen LogP contribution in [0.2, 0.25) is 0 Å². The summed E-state index contributed by atoms with van der Waals surface area (Å²) >= 11 is 1.69. The predicted octanol–water partition coefficient (Wildman–Crippen LogP) is 5.16. The summed E-state index contributed by atoms with van der Waals surface area (Å²) < 4.78 is 6.84. The van der Waals surface area contributed by atoms with Gasteiger partial charge in [0.05, 0.1) is 20.8 Å². The first-order chi connectivity index (χ1) is 14.6. The third kappa shape index (κ3) is 4.48. The highest BCUT2D eigenvalue weighted by atomic mass is 32.1. The molecule has 4 aromatic rings. The zero-order valence-electron chi connectivity index (χ0n) is 16.3. The Morgan fingerprint density at radius 1 is 1.10 bits per heavy atom. The number of carbonyl (C=O) groups excluding carboxylic acids is 1. The third-order valence-corrected chi connectivity index (χ3v) is 5.63. The molecule has 1 N–H and O–H groups in total. The number of nitrogens with one attached hydrogen (secondary N) is 1. The molecule has 3 aromatic carbocycles. The number of para-hydroxylation sites is 2. The highest BCUT2D eigenvalue weighted by Crippen LogP contribution is 2.24. The molecule has 0 aliphatic carbocycles. The van der Waals surface area contributed by atoms with Crippen LogP contribution in [0.15, 0.2) is 72.8 Å². The minimum atomic E-state index is -0.734. The number of amides is 1. The summed E-state index contributed by atoms with van der Waals surface area (Å²) in [7, 11) is 0. The normalized spacial score (nSPS) is 11.6. The van der Waals surface area contributed by atoms with E-state index in [-0.39, 0.29) is 5.91 Å². The van der Waals surface area contributed by atoms with E-state index in [1.807, 2.05) is 42.5 Å². The molecule has 1 heterocycles. The summed E-state index contributed by atoms with van der Waals surface area (Å²) in [4.78, 5) is 17.1. The minimum absolute atomic E-state index is 0.276. The van der Waals surface area contributed by atoms with Gasteiger partial charge in [0.2, 0.25) is 0 Å². The molecule has 0 unspecified atom stereocenters. The van der Waals surface area contributed by atoms with Gasteiger partial charge in [-0.3, -0.25) is 4.79 Å². The molecule has 0 aliphatic heterocycles. The Balaban J connectivity index is 1.38. The van der Waals surface area contributed by atoms with Crippen molar-refractivity contribution in [2.45, 2.75) is 19.4 Å². The molecule has 5 nitrogen and oxygen atoms in total. The number of ether oxygens (including phenoxy) is 1. The molecule has 0 bridgehead atoms. The van der Waals surface area contributed by atoms with E-state index in [4.69, 9.17) is 10.00 Å². The fourth-order valence-electron chi connectivity index (χ4n) is 3.03. The number of nitrogens with zero attached hydrogens (tertiary/aromatic N) is 2. The van der Waals surface area contributed by atoms with Crippen molar-refractivity contribution in [2.24, 2.45) is 0 Å².